The second-order valence-electron chi connectivity index (χ2n) is 7.05. The zero-order chi connectivity index (χ0) is 22.3. The average Bonchev–Trinajstić information content (AvgIpc) is 2.79. The van der Waals surface area contributed by atoms with Gasteiger partial charge in [-0.15, -0.1) is 0 Å². The quantitative estimate of drug-likeness (QED) is 0.217. The van der Waals surface area contributed by atoms with Crippen LogP contribution in [0.25, 0.3) is 10.9 Å². The molecule has 0 aliphatic rings. The summed E-state index contributed by atoms with van der Waals surface area (Å²) in [6.45, 7) is 3.39. The first-order valence-corrected chi connectivity index (χ1v) is 11.7. The molecule has 2 heterocycles. The Labute approximate surface area is 202 Å². The summed E-state index contributed by atoms with van der Waals surface area (Å²) in [6, 6.07) is 21.7. The van der Waals surface area contributed by atoms with Crippen LogP contribution in [0.15, 0.2) is 82.8 Å². The van der Waals surface area contributed by atoms with E-state index < -0.39 is 0 Å². The van der Waals surface area contributed by atoms with Gasteiger partial charge in [-0.2, -0.15) is 0 Å². The van der Waals surface area contributed by atoms with Crippen LogP contribution in [0.3, 0.4) is 0 Å². The zero-order valence-corrected chi connectivity index (χ0v) is 19.8. The van der Waals surface area contributed by atoms with Crippen molar-refractivity contribution in [3.8, 4) is 0 Å². The van der Waals surface area contributed by atoms with Gasteiger partial charge in [0.2, 0.25) is 0 Å². The van der Waals surface area contributed by atoms with Crippen LogP contribution in [0.5, 0.6) is 0 Å². The molecule has 0 radical (unpaired) electrons. The number of aromatic nitrogens is 2. The second kappa shape index (κ2) is 10.6. The monoisotopic (exact) mass is 479 g/mol. The van der Waals surface area contributed by atoms with Crippen molar-refractivity contribution in [2.45, 2.75) is 16.8 Å². The minimum atomic E-state index is 0.550. The van der Waals surface area contributed by atoms with E-state index in [2.05, 4.69) is 38.1 Å². The van der Waals surface area contributed by atoms with Gasteiger partial charge in [-0.25, -0.2) is 4.98 Å². The van der Waals surface area contributed by atoms with Crippen molar-refractivity contribution in [1.29, 1.82) is 0 Å². The molecule has 32 heavy (non-hydrogen) atoms. The molecule has 3 N–H and O–H groups in total. The van der Waals surface area contributed by atoms with Crippen molar-refractivity contribution < 1.29 is 0 Å². The van der Waals surface area contributed by atoms with E-state index in [0.717, 1.165) is 37.9 Å². The van der Waals surface area contributed by atoms with E-state index in [1.54, 1.807) is 18.0 Å². The van der Waals surface area contributed by atoms with Gasteiger partial charge >= 0.3 is 0 Å². The Balaban J connectivity index is 1.32. The first-order valence-electron chi connectivity index (χ1n) is 10.1. The smallest absolute Gasteiger partial charge is 0.170 e. The fraction of sp³-hybridized carbons (Fsp3) is 0.125. The van der Waals surface area contributed by atoms with Crippen LogP contribution in [0, 0.1) is 6.92 Å². The largest absolute Gasteiger partial charge is 0.383 e. The first kappa shape index (κ1) is 22.3. The number of fused-ring (bicyclic) bond motifs is 1. The number of hydrogen-bond acceptors (Lipinski definition) is 5. The molecule has 4 rings (SSSR count). The fourth-order valence-corrected chi connectivity index (χ4v) is 4.35. The third-order valence-electron chi connectivity index (χ3n) is 4.62. The molecule has 4 aromatic rings. The summed E-state index contributed by atoms with van der Waals surface area (Å²) < 4.78 is 0. The Morgan fingerprint density at radius 1 is 1.00 bits per heavy atom. The highest BCUT2D eigenvalue weighted by Gasteiger charge is 2.08. The highest BCUT2D eigenvalue weighted by atomic mass is 35.5. The highest BCUT2D eigenvalue weighted by Crippen LogP contribution is 2.32. The van der Waals surface area contributed by atoms with Crippen molar-refractivity contribution in [1.82, 2.24) is 15.3 Å². The summed E-state index contributed by atoms with van der Waals surface area (Å²) in [6.07, 6.45) is 1.77. The van der Waals surface area contributed by atoms with Gasteiger partial charge in [-0.3, -0.25) is 4.98 Å². The highest BCUT2D eigenvalue weighted by molar-refractivity contribution is 7.99. The summed E-state index contributed by atoms with van der Waals surface area (Å²) in [4.78, 5) is 10.1. The molecule has 0 bridgehead atoms. The van der Waals surface area contributed by atoms with Crippen molar-refractivity contribution in [3.63, 3.8) is 0 Å². The Morgan fingerprint density at radius 2 is 1.81 bits per heavy atom. The molecule has 0 amide bonds. The van der Waals surface area contributed by atoms with Gasteiger partial charge in [0, 0.05) is 46.0 Å². The molecule has 0 saturated heterocycles. The lowest BCUT2D eigenvalue weighted by Gasteiger charge is -2.14. The Bertz CT molecular complexity index is 1230. The molecular formula is C24H22ClN5S2. The maximum absolute atomic E-state index is 5.98. The number of benzene rings is 2. The number of thiocarbonyl (C=S) groups is 1. The van der Waals surface area contributed by atoms with Crippen molar-refractivity contribution >= 4 is 63.0 Å². The Morgan fingerprint density at radius 3 is 2.66 bits per heavy atom. The van der Waals surface area contributed by atoms with E-state index in [0.29, 0.717) is 23.2 Å². The van der Waals surface area contributed by atoms with Gasteiger partial charge in [0.15, 0.2) is 5.11 Å². The lowest BCUT2D eigenvalue weighted by atomic mass is 10.1. The van der Waals surface area contributed by atoms with E-state index in [1.165, 1.54) is 0 Å². The third-order valence-corrected chi connectivity index (χ3v) is 6.14. The van der Waals surface area contributed by atoms with Gasteiger partial charge in [0.1, 0.15) is 5.03 Å². The zero-order valence-electron chi connectivity index (χ0n) is 17.4. The van der Waals surface area contributed by atoms with Gasteiger partial charge < -0.3 is 16.0 Å². The van der Waals surface area contributed by atoms with Gasteiger partial charge in [-0.1, -0.05) is 41.6 Å². The summed E-state index contributed by atoms with van der Waals surface area (Å²) in [5.41, 5.74) is 3.90. The van der Waals surface area contributed by atoms with Crippen LogP contribution in [0.4, 0.5) is 11.4 Å². The molecule has 5 nitrogen and oxygen atoms in total. The first-order chi connectivity index (χ1) is 15.6. The minimum Gasteiger partial charge on any atom is -0.383 e. The third kappa shape index (κ3) is 5.88. The number of anilines is 2. The number of pyridine rings is 2. The Kier molecular flexibility index (Phi) is 7.42. The van der Waals surface area contributed by atoms with Crippen molar-refractivity contribution in [2.24, 2.45) is 0 Å². The lowest BCUT2D eigenvalue weighted by molar-refractivity contribution is 0.915. The van der Waals surface area contributed by atoms with E-state index in [1.807, 2.05) is 61.5 Å². The number of hydrogen-bond donors (Lipinski definition) is 3. The molecule has 2 aromatic heterocycles. The summed E-state index contributed by atoms with van der Waals surface area (Å²) >= 11 is 13.0. The van der Waals surface area contributed by atoms with Crippen LogP contribution in [-0.2, 0) is 0 Å². The molecule has 0 spiro atoms. The predicted octanol–water partition coefficient (Wildman–Crippen LogP) is 6.14. The molecular weight excluding hydrogens is 458 g/mol. The van der Waals surface area contributed by atoms with Gasteiger partial charge in [0.25, 0.3) is 0 Å². The van der Waals surface area contributed by atoms with Crippen LogP contribution >= 0.6 is 35.6 Å². The number of halogens is 1. The number of rotatable bonds is 7. The standard InChI is InChI=1S/C24H22ClN5S2/c1-16-15-22(19-5-2-3-6-20(19)29-16)26-13-14-28-24(31)30-21-7-4-12-27-23(21)32-18-10-8-17(25)9-11-18/h2-12,15H,13-14H2,1H3,(H,26,29)(H2,28,30,31). The average molecular weight is 480 g/mol. The molecule has 0 atom stereocenters. The molecule has 8 heteroatoms. The maximum atomic E-state index is 5.98. The normalized spacial score (nSPS) is 10.7. The number of nitrogens with one attached hydrogen (secondary N) is 3. The molecule has 0 unspecified atom stereocenters. The molecule has 0 saturated carbocycles. The molecule has 162 valence electrons. The fourth-order valence-electron chi connectivity index (χ4n) is 3.18. The predicted molar refractivity (Wildman–Crippen MR) is 139 cm³/mol. The van der Waals surface area contributed by atoms with E-state index in [9.17, 15) is 0 Å². The maximum Gasteiger partial charge on any atom is 0.170 e. The SMILES string of the molecule is Cc1cc(NCCNC(=S)Nc2cccnc2Sc2ccc(Cl)cc2)c2ccccc2n1. The molecule has 2 aromatic carbocycles. The van der Waals surface area contributed by atoms with Gasteiger partial charge in [-0.05, 0) is 67.7 Å². The Hall–Kier alpha value is -2.87. The summed E-state index contributed by atoms with van der Waals surface area (Å²) in [5.74, 6) is 0. The van der Waals surface area contributed by atoms with Crippen molar-refractivity contribution in [2.75, 3.05) is 23.7 Å². The van der Waals surface area contributed by atoms with Crippen LogP contribution in [0.1, 0.15) is 5.69 Å². The van der Waals surface area contributed by atoms with Crippen LogP contribution in [-0.4, -0.2) is 28.2 Å². The number of aryl methyl sites for hydroxylation is 1. The summed E-state index contributed by atoms with van der Waals surface area (Å²) in [7, 11) is 0. The van der Waals surface area contributed by atoms with Crippen molar-refractivity contribution in [3.05, 3.63) is 83.6 Å². The van der Waals surface area contributed by atoms with Crippen LogP contribution in [0.2, 0.25) is 5.02 Å². The molecule has 0 aliphatic heterocycles. The number of para-hydroxylation sites is 1. The number of nitrogens with zero attached hydrogens (tertiary/aromatic N) is 2. The van der Waals surface area contributed by atoms with E-state index >= 15 is 0 Å². The molecule has 0 fully saturated rings. The van der Waals surface area contributed by atoms with Gasteiger partial charge in [0.05, 0.1) is 11.2 Å². The minimum absolute atomic E-state index is 0.550. The van der Waals surface area contributed by atoms with E-state index in [-0.39, 0.29) is 0 Å². The summed E-state index contributed by atoms with van der Waals surface area (Å²) in [5, 5.41) is 13.2. The van der Waals surface area contributed by atoms with Crippen LogP contribution < -0.4 is 16.0 Å². The van der Waals surface area contributed by atoms with E-state index in [4.69, 9.17) is 23.8 Å². The lowest BCUT2D eigenvalue weighted by Crippen LogP contribution is -2.32. The molecule has 0 aliphatic carbocycles. The topological polar surface area (TPSA) is 61.9 Å². The second-order valence-corrected chi connectivity index (χ2v) is 8.96.